The van der Waals surface area contributed by atoms with E-state index in [-0.39, 0.29) is 0 Å². The van der Waals surface area contributed by atoms with Gasteiger partial charge in [-0.2, -0.15) is 0 Å². The predicted molar refractivity (Wildman–Crippen MR) is 66.4 cm³/mol. The van der Waals surface area contributed by atoms with E-state index < -0.39 is 6.10 Å². The topological polar surface area (TPSA) is 29.5 Å². The van der Waals surface area contributed by atoms with Gasteiger partial charge in [-0.05, 0) is 23.8 Å². The number of rotatable bonds is 3. The van der Waals surface area contributed by atoms with Crippen molar-refractivity contribution in [2.24, 2.45) is 0 Å². The number of thiophene rings is 1. The molecule has 0 aliphatic rings. The minimum atomic E-state index is -0.646. The quantitative estimate of drug-likeness (QED) is 0.909. The molecule has 0 aliphatic heterocycles. The summed E-state index contributed by atoms with van der Waals surface area (Å²) in [4.78, 5) is 0.832. The van der Waals surface area contributed by atoms with Crippen molar-refractivity contribution in [3.63, 3.8) is 0 Å². The predicted octanol–water partition coefficient (Wildman–Crippen LogP) is 3.49. The molecular weight excluding hydrogens is 244 g/mol. The van der Waals surface area contributed by atoms with Crippen molar-refractivity contribution in [1.82, 2.24) is 0 Å². The Morgan fingerprint density at radius 3 is 2.81 bits per heavy atom. The summed E-state index contributed by atoms with van der Waals surface area (Å²) in [6, 6.07) is 9.15. The van der Waals surface area contributed by atoms with Crippen molar-refractivity contribution in [1.29, 1.82) is 0 Å². The Morgan fingerprint density at radius 2 is 2.19 bits per heavy atom. The van der Waals surface area contributed by atoms with Gasteiger partial charge in [0.1, 0.15) is 11.9 Å². The molecule has 0 fully saturated rings. The van der Waals surface area contributed by atoms with E-state index in [0.29, 0.717) is 5.02 Å². The molecular formula is C12H11ClO2S. The summed E-state index contributed by atoms with van der Waals surface area (Å²) in [7, 11) is 1.60. The Morgan fingerprint density at radius 1 is 1.38 bits per heavy atom. The highest BCUT2D eigenvalue weighted by atomic mass is 35.5. The minimum absolute atomic E-state index is 0.646. The summed E-state index contributed by atoms with van der Waals surface area (Å²) in [5, 5.41) is 12.6. The summed E-state index contributed by atoms with van der Waals surface area (Å²) < 4.78 is 5.11. The zero-order valence-corrected chi connectivity index (χ0v) is 10.3. The maximum Gasteiger partial charge on any atom is 0.119 e. The Bertz CT molecular complexity index is 481. The van der Waals surface area contributed by atoms with Crippen molar-refractivity contribution in [2.45, 2.75) is 6.10 Å². The number of aliphatic hydroxyl groups is 1. The molecule has 0 bridgehead atoms. The molecule has 16 heavy (non-hydrogen) atoms. The standard InChI is InChI=1S/C12H11ClO2S/c1-15-10-4-2-3-8(5-10)12(14)11-6-9(13)7-16-11/h2-7,12,14H,1H3. The van der Waals surface area contributed by atoms with E-state index in [9.17, 15) is 5.11 Å². The maximum absolute atomic E-state index is 10.1. The highest BCUT2D eigenvalue weighted by Gasteiger charge is 2.13. The first-order chi connectivity index (χ1) is 7.70. The van der Waals surface area contributed by atoms with Crippen molar-refractivity contribution < 1.29 is 9.84 Å². The van der Waals surface area contributed by atoms with Gasteiger partial charge in [-0.3, -0.25) is 0 Å². The molecule has 2 aromatic rings. The van der Waals surface area contributed by atoms with Crippen LogP contribution in [0.25, 0.3) is 0 Å². The average Bonchev–Trinajstić information content (AvgIpc) is 2.75. The maximum atomic E-state index is 10.1. The number of benzene rings is 1. The first-order valence-electron chi connectivity index (χ1n) is 4.76. The van der Waals surface area contributed by atoms with Crippen LogP contribution >= 0.6 is 22.9 Å². The highest BCUT2D eigenvalue weighted by molar-refractivity contribution is 7.10. The monoisotopic (exact) mass is 254 g/mol. The van der Waals surface area contributed by atoms with Crippen LogP contribution in [0, 0.1) is 0 Å². The summed E-state index contributed by atoms with van der Waals surface area (Å²) in [6.45, 7) is 0. The summed E-state index contributed by atoms with van der Waals surface area (Å²) in [5.41, 5.74) is 0.804. The molecule has 0 radical (unpaired) electrons. The van der Waals surface area contributed by atoms with E-state index in [1.54, 1.807) is 18.6 Å². The molecule has 0 amide bonds. The molecule has 0 saturated carbocycles. The van der Waals surface area contributed by atoms with E-state index in [2.05, 4.69) is 0 Å². The molecule has 1 atom stereocenters. The van der Waals surface area contributed by atoms with Crippen LogP contribution in [0.4, 0.5) is 0 Å². The number of aliphatic hydroxyl groups excluding tert-OH is 1. The highest BCUT2D eigenvalue weighted by Crippen LogP contribution is 2.30. The van der Waals surface area contributed by atoms with Crippen LogP contribution in [-0.4, -0.2) is 12.2 Å². The zero-order chi connectivity index (χ0) is 11.5. The van der Waals surface area contributed by atoms with Crippen LogP contribution in [0.15, 0.2) is 35.7 Å². The van der Waals surface area contributed by atoms with Crippen molar-refractivity contribution in [3.05, 3.63) is 51.2 Å². The third-order valence-electron chi connectivity index (χ3n) is 2.27. The van der Waals surface area contributed by atoms with E-state index >= 15 is 0 Å². The lowest BCUT2D eigenvalue weighted by molar-refractivity contribution is 0.223. The Balaban J connectivity index is 2.29. The summed E-state index contributed by atoms with van der Waals surface area (Å²) >= 11 is 7.27. The fraction of sp³-hybridized carbons (Fsp3) is 0.167. The molecule has 1 aromatic carbocycles. The molecule has 0 saturated heterocycles. The third kappa shape index (κ3) is 2.38. The molecule has 1 unspecified atom stereocenters. The van der Waals surface area contributed by atoms with E-state index in [1.807, 2.05) is 24.3 Å². The first kappa shape index (κ1) is 11.5. The molecule has 0 spiro atoms. The van der Waals surface area contributed by atoms with Crippen LogP contribution in [0.3, 0.4) is 0 Å². The Hall–Kier alpha value is -1.03. The summed E-state index contributed by atoms with van der Waals surface area (Å²) in [6.07, 6.45) is -0.646. The van der Waals surface area contributed by atoms with Crippen LogP contribution in [0.2, 0.25) is 5.02 Å². The largest absolute Gasteiger partial charge is 0.497 e. The summed E-state index contributed by atoms with van der Waals surface area (Å²) in [5.74, 6) is 0.735. The fourth-order valence-electron chi connectivity index (χ4n) is 1.45. The van der Waals surface area contributed by atoms with Crippen LogP contribution in [0.5, 0.6) is 5.75 Å². The molecule has 0 aliphatic carbocycles. The molecule has 1 heterocycles. The van der Waals surface area contributed by atoms with Crippen molar-refractivity contribution >= 4 is 22.9 Å². The van der Waals surface area contributed by atoms with Crippen molar-refractivity contribution in [2.75, 3.05) is 7.11 Å². The average molecular weight is 255 g/mol. The normalized spacial score (nSPS) is 12.4. The lowest BCUT2D eigenvalue weighted by Crippen LogP contribution is -1.97. The zero-order valence-electron chi connectivity index (χ0n) is 8.68. The number of hydrogen-bond donors (Lipinski definition) is 1. The van der Waals surface area contributed by atoms with Gasteiger partial charge in [0.25, 0.3) is 0 Å². The second-order valence-corrected chi connectivity index (χ2v) is 4.73. The molecule has 1 aromatic heterocycles. The third-order valence-corrected chi connectivity index (χ3v) is 3.60. The van der Waals surface area contributed by atoms with E-state index in [0.717, 1.165) is 16.2 Å². The SMILES string of the molecule is COc1cccc(C(O)c2cc(Cl)cs2)c1. The van der Waals surface area contributed by atoms with Crippen LogP contribution in [-0.2, 0) is 0 Å². The second-order valence-electron chi connectivity index (χ2n) is 3.35. The number of halogens is 1. The molecule has 1 N–H and O–H groups in total. The Labute approximate surface area is 103 Å². The van der Waals surface area contributed by atoms with Gasteiger partial charge in [0.05, 0.1) is 12.1 Å². The number of ether oxygens (including phenoxy) is 1. The smallest absolute Gasteiger partial charge is 0.119 e. The Kier molecular flexibility index (Phi) is 3.49. The molecule has 4 heteroatoms. The van der Waals surface area contributed by atoms with Gasteiger partial charge in [0.2, 0.25) is 0 Å². The lowest BCUT2D eigenvalue weighted by atomic mass is 10.1. The molecule has 2 nitrogen and oxygen atoms in total. The lowest BCUT2D eigenvalue weighted by Gasteiger charge is -2.10. The van der Waals surface area contributed by atoms with Gasteiger partial charge < -0.3 is 9.84 Å². The van der Waals surface area contributed by atoms with Gasteiger partial charge in [-0.15, -0.1) is 11.3 Å². The van der Waals surface area contributed by atoms with Gasteiger partial charge in [-0.1, -0.05) is 23.7 Å². The van der Waals surface area contributed by atoms with Gasteiger partial charge in [0.15, 0.2) is 0 Å². The van der Waals surface area contributed by atoms with Crippen LogP contribution < -0.4 is 4.74 Å². The first-order valence-corrected chi connectivity index (χ1v) is 6.02. The minimum Gasteiger partial charge on any atom is -0.497 e. The van der Waals surface area contributed by atoms with Crippen LogP contribution in [0.1, 0.15) is 16.5 Å². The number of hydrogen-bond acceptors (Lipinski definition) is 3. The second kappa shape index (κ2) is 4.87. The molecule has 84 valence electrons. The van der Waals surface area contributed by atoms with Gasteiger partial charge in [0, 0.05) is 10.3 Å². The van der Waals surface area contributed by atoms with Crippen molar-refractivity contribution in [3.8, 4) is 5.75 Å². The van der Waals surface area contributed by atoms with Gasteiger partial charge >= 0.3 is 0 Å². The van der Waals surface area contributed by atoms with Gasteiger partial charge in [-0.25, -0.2) is 0 Å². The van der Waals surface area contributed by atoms with E-state index in [4.69, 9.17) is 16.3 Å². The molecule has 2 rings (SSSR count). The fourth-order valence-corrected chi connectivity index (χ4v) is 2.54. The van der Waals surface area contributed by atoms with E-state index in [1.165, 1.54) is 11.3 Å². The number of methoxy groups -OCH3 is 1.